The van der Waals surface area contributed by atoms with Crippen LogP contribution in [0.4, 0.5) is 5.82 Å². The number of H-pyrrole nitrogens is 1. The molecule has 3 rings (SSSR count). The lowest BCUT2D eigenvalue weighted by atomic mass is 10.1. The lowest BCUT2D eigenvalue weighted by Crippen LogP contribution is -2.32. The maximum atomic E-state index is 12.3. The summed E-state index contributed by atoms with van der Waals surface area (Å²) in [7, 11) is 0. The molecule has 3 N–H and O–H groups in total. The van der Waals surface area contributed by atoms with E-state index in [0.717, 1.165) is 36.9 Å². The predicted molar refractivity (Wildman–Crippen MR) is 92.0 cm³/mol. The van der Waals surface area contributed by atoms with E-state index in [1.807, 2.05) is 19.1 Å². The summed E-state index contributed by atoms with van der Waals surface area (Å²) in [4.78, 5) is 23.9. The van der Waals surface area contributed by atoms with Gasteiger partial charge in [0.15, 0.2) is 0 Å². The van der Waals surface area contributed by atoms with Gasteiger partial charge in [-0.3, -0.25) is 9.78 Å². The molecule has 1 unspecified atom stereocenters. The number of aromatic nitrogens is 3. The Bertz CT molecular complexity index is 781. The molecule has 1 atom stereocenters. The molecule has 1 aliphatic rings. The minimum absolute atomic E-state index is 0.108. The van der Waals surface area contributed by atoms with Crippen LogP contribution in [0.3, 0.4) is 0 Å². The van der Waals surface area contributed by atoms with Crippen LogP contribution in [0.1, 0.15) is 35.5 Å². The van der Waals surface area contributed by atoms with Crippen molar-refractivity contribution in [2.24, 2.45) is 0 Å². The Hall–Kier alpha value is -2.54. The van der Waals surface area contributed by atoms with Gasteiger partial charge in [0, 0.05) is 25.4 Å². The molecule has 0 bridgehead atoms. The maximum Gasteiger partial charge on any atom is 0.261 e. The number of hydrogen-bond acceptors (Lipinski definition) is 6. The first kappa shape index (κ1) is 16.3. The van der Waals surface area contributed by atoms with Crippen molar-refractivity contribution in [2.75, 3.05) is 18.5 Å². The fraction of sp³-hybridized carbons (Fsp3) is 0.412. The average Bonchev–Trinajstić information content (AvgIpc) is 2.58. The molecule has 1 aliphatic heterocycles. The number of hydrogen-bond donors (Lipinski definition) is 3. The number of ether oxygens (including phenoxy) is 1. The third-order valence-corrected chi connectivity index (χ3v) is 4.10. The monoisotopic (exact) mass is 327 g/mol. The quantitative estimate of drug-likeness (QED) is 0.725. The average molecular weight is 327 g/mol. The number of rotatable bonds is 5. The molecular weight excluding hydrogens is 306 g/mol. The highest BCUT2D eigenvalue weighted by atomic mass is 16.5. The van der Waals surface area contributed by atoms with Crippen molar-refractivity contribution in [3.05, 3.63) is 51.3 Å². The summed E-state index contributed by atoms with van der Waals surface area (Å²) in [5.41, 5.74) is 1.84. The molecule has 0 spiro atoms. The van der Waals surface area contributed by atoms with E-state index in [1.54, 1.807) is 6.20 Å². The van der Waals surface area contributed by atoms with Gasteiger partial charge in [-0.25, -0.2) is 4.98 Å². The van der Waals surface area contributed by atoms with E-state index in [1.165, 1.54) is 0 Å². The normalized spacial score (nSPS) is 17.5. The highest BCUT2D eigenvalue weighted by Crippen LogP contribution is 2.15. The lowest BCUT2D eigenvalue weighted by Gasteiger charge is -2.24. The summed E-state index contributed by atoms with van der Waals surface area (Å²) in [5.74, 6) is 0.972. The molecular formula is C17H21N5O2. The summed E-state index contributed by atoms with van der Waals surface area (Å²) in [6.07, 6.45) is 5.13. The Morgan fingerprint density at radius 2 is 2.42 bits per heavy atom. The minimum Gasteiger partial charge on any atom is -0.379 e. The van der Waals surface area contributed by atoms with Crippen LogP contribution in [0, 0.1) is 12.3 Å². The van der Waals surface area contributed by atoms with Gasteiger partial charge < -0.3 is 20.4 Å². The first-order chi connectivity index (χ1) is 11.7. The molecule has 3 heterocycles. The highest BCUT2D eigenvalue weighted by Gasteiger charge is 2.18. The standard InChI is InChI=1S/C17H21N5O2/c1-11-4-2-6-19-14(11)8-15-21-16(13(9-18)17(23)22-15)20-12-5-3-7-24-10-12/h2,4,6,9,12,18H,3,5,7-8,10H2,1H3,(H2,20,21,22,23). The fourth-order valence-corrected chi connectivity index (χ4v) is 2.77. The van der Waals surface area contributed by atoms with Crippen LogP contribution in [0.5, 0.6) is 0 Å². The van der Waals surface area contributed by atoms with Gasteiger partial charge in [-0.1, -0.05) is 6.07 Å². The van der Waals surface area contributed by atoms with E-state index in [2.05, 4.69) is 20.3 Å². The lowest BCUT2D eigenvalue weighted by molar-refractivity contribution is 0.0875. The third-order valence-electron chi connectivity index (χ3n) is 4.10. The SMILES string of the molecule is Cc1cccnc1Cc1nc(NC2CCCOC2)c(C=N)c(=O)[nH]1. The number of aryl methyl sites for hydroxylation is 1. The minimum atomic E-state index is -0.317. The Labute approximate surface area is 140 Å². The largest absolute Gasteiger partial charge is 0.379 e. The van der Waals surface area contributed by atoms with Crippen molar-refractivity contribution < 1.29 is 4.74 Å². The van der Waals surface area contributed by atoms with Crippen LogP contribution in [0.2, 0.25) is 0 Å². The van der Waals surface area contributed by atoms with Gasteiger partial charge in [-0.2, -0.15) is 0 Å². The molecule has 24 heavy (non-hydrogen) atoms. The first-order valence-electron chi connectivity index (χ1n) is 8.06. The van der Waals surface area contributed by atoms with Gasteiger partial charge in [0.05, 0.1) is 23.9 Å². The summed E-state index contributed by atoms with van der Waals surface area (Å²) in [6.45, 7) is 3.33. The van der Waals surface area contributed by atoms with E-state index >= 15 is 0 Å². The Morgan fingerprint density at radius 3 is 3.12 bits per heavy atom. The van der Waals surface area contributed by atoms with Crippen LogP contribution >= 0.6 is 0 Å². The van der Waals surface area contributed by atoms with Gasteiger partial charge in [0.2, 0.25) is 0 Å². The first-order valence-corrected chi connectivity index (χ1v) is 8.06. The van der Waals surface area contributed by atoms with Crippen LogP contribution < -0.4 is 10.9 Å². The number of pyridine rings is 1. The molecule has 0 aromatic carbocycles. The van der Waals surface area contributed by atoms with Crippen LogP contribution in [0.25, 0.3) is 0 Å². The van der Waals surface area contributed by atoms with E-state index in [4.69, 9.17) is 10.1 Å². The van der Waals surface area contributed by atoms with E-state index in [-0.39, 0.29) is 17.2 Å². The van der Waals surface area contributed by atoms with Crippen molar-refractivity contribution in [1.82, 2.24) is 15.0 Å². The van der Waals surface area contributed by atoms with Crippen molar-refractivity contribution in [1.29, 1.82) is 5.41 Å². The number of nitrogens with one attached hydrogen (secondary N) is 3. The third kappa shape index (κ3) is 3.68. The summed E-state index contributed by atoms with van der Waals surface area (Å²) in [6, 6.07) is 3.96. The van der Waals surface area contributed by atoms with Crippen LogP contribution in [0.15, 0.2) is 23.1 Å². The molecule has 2 aromatic rings. The zero-order valence-electron chi connectivity index (χ0n) is 13.6. The summed E-state index contributed by atoms with van der Waals surface area (Å²) < 4.78 is 5.46. The maximum absolute atomic E-state index is 12.3. The summed E-state index contributed by atoms with van der Waals surface area (Å²) >= 11 is 0. The molecule has 1 saturated heterocycles. The molecule has 1 fully saturated rings. The molecule has 7 heteroatoms. The second kappa shape index (κ2) is 7.35. The van der Waals surface area contributed by atoms with E-state index in [9.17, 15) is 4.79 Å². The molecule has 0 amide bonds. The fourth-order valence-electron chi connectivity index (χ4n) is 2.77. The van der Waals surface area contributed by atoms with Gasteiger partial charge >= 0.3 is 0 Å². The molecule has 0 aliphatic carbocycles. The van der Waals surface area contributed by atoms with Gasteiger partial charge in [-0.05, 0) is 31.4 Å². The van der Waals surface area contributed by atoms with Crippen LogP contribution in [-0.4, -0.2) is 40.4 Å². The number of anilines is 1. The molecule has 0 radical (unpaired) electrons. The van der Waals surface area contributed by atoms with E-state index in [0.29, 0.717) is 24.7 Å². The van der Waals surface area contributed by atoms with Crippen molar-refractivity contribution >= 4 is 12.0 Å². The predicted octanol–water partition coefficient (Wildman–Crippen LogP) is 1.65. The topological polar surface area (TPSA) is 104 Å². The van der Waals surface area contributed by atoms with Gasteiger partial charge in [0.1, 0.15) is 11.6 Å². The molecule has 2 aromatic heterocycles. The van der Waals surface area contributed by atoms with Crippen LogP contribution in [-0.2, 0) is 11.2 Å². The van der Waals surface area contributed by atoms with Gasteiger partial charge in [-0.15, -0.1) is 0 Å². The van der Waals surface area contributed by atoms with Gasteiger partial charge in [0.25, 0.3) is 5.56 Å². The van der Waals surface area contributed by atoms with Crippen molar-refractivity contribution in [3.63, 3.8) is 0 Å². The van der Waals surface area contributed by atoms with Crippen molar-refractivity contribution in [2.45, 2.75) is 32.2 Å². The number of nitrogens with zero attached hydrogens (tertiary/aromatic N) is 2. The Kier molecular flexibility index (Phi) is 5.00. The zero-order chi connectivity index (χ0) is 16.9. The molecule has 7 nitrogen and oxygen atoms in total. The number of aromatic amines is 1. The molecule has 0 saturated carbocycles. The second-order valence-corrected chi connectivity index (χ2v) is 5.92. The van der Waals surface area contributed by atoms with E-state index < -0.39 is 0 Å². The van der Waals surface area contributed by atoms with Crippen molar-refractivity contribution in [3.8, 4) is 0 Å². The Morgan fingerprint density at radius 1 is 1.54 bits per heavy atom. The Balaban J connectivity index is 1.89. The smallest absolute Gasteiger partial charge is 0.261 e. The molecule has 126 valence electrons. The second-order valence-electron chi connectivity index (χ2n) is 5.92. The zero-order valence-corrected chi connectivity index (χ0v) is 13.6. The highest BCUT2D eigenvalue weighted by molar-refractivity contribution is 5.83. The summed E-state index contributed by atoms with van der Waals surface area (Å²) in [5, 5.41) is 10.8.